The Balaban J connectivity index is 1.36. The molecule has 0 spiro atoms. The van der Waals surface area contributed by atoms with Gasteiger partial charge in [-0.25, -0.2) is 5.06 Å². The summed E-state index contributed by atoms with van der Waals surface area (Å²) in [4.78, 5) is 133. The maximum absolute atomic E-state index is 14.8. The van der Waals surface area contributed by atoms with Gasteiger partial charge in [0.1, 0.15) is 5.78 Å². The van der Waals surface area contributed by atoms with Crippen molar-refractivity contribution in [2.45, 2.75) is 175 Å². The van der Waals surface area contributed by atoms with E-state index in [-0.39, 0.29) is 103 Å². The topological polar surface area (TPSA) is 213 Å². The molecule has 442 valence electrons. The van der Waals surface area contributed by atoms with E-state index in [1.807, 2.05) is 90.7 Å². The number of nitrogens with one attached hydrogen (secondary N) is 1. The SMILES string of the molecule is CC[C@H](C)[C@@H]([C@@H](CC(=O)N1CCC[C@H]1[C@H](OC)[C@@H](C)C(=O)C[C@@H](Cc1ccccc1)C(=O)N1CCCCO1)OC)N(C)C(=O)[C@@H](CC(=O)[C@H](C(C)C)N(C)CCCC(=O)N(C)NC(=O)CCCCCN1C(=O)C=CC1=O)C(C)C. The van der Waals surface area contributed by atoms with Crippen LogP contribution < -0.4 is 5.43 Å². The molecule has 0 unspecified atom stereocenters. The van der Waals surface area contributed by atoms with Gasteiger partial charge in [-0.15, -0.1) is 0 Å². The van der Waals surface area contributed by atoms with Crippen LogP contribution >= 0.6 is 0 Å². The van der Waals surface area contributed by atoms with E-state index in [1.165, 1.54) is 34.2 Å². The van der Waals surface area contributed by atoms with Gasteiger partial charge in [0.25, 0.3) is 11.8 Å². The molecule has 1 aromatic rings. The summed E-state index contributed by atoms with van der Waals surface area (Å²) in [6.45, 7) is 15.8. The number of hydrazine groups is 1. The van der Waals surface area contributed by atoms with Gasteiger partial charge in [-0.3, -0.25) is 68.2 Å². The van der Waals surface area contributed by atoms with Crippen molar-refractivity contribution in [3.63, 3.8) is 0 Å². The molecular weight excluding hydrogens is 1010 g/mol. The summed E-state index contributed by atoms with van der Waals surface area (Å²) < 4.78 is 12.2. The minimum atomic E-state index is -0.691. The van der Waals surface area contributed by atoms with E-state index in [9.17, 15) is 43.2 Å². The number of unbranched alkanes of at least 4 members (excludes halogenated alkanes) is 2. The second-order valence-corrected chi connectivity index (χ2v) is 22.9. The number of carbonyl (C=O) groups is 9. The normalized spacial score (nSPS) is 18.8. The first-order valence-corrected chi connectivity index (χ1v) is 29.0. The second kappa shape index (κ2) is 32.8. The first-order valence-electron chi connectivity index (χ1n) is 29.0. The molecular formula is C60H95N7O12. The van der Waals surface area contributed by atoms with E-state index in [0.29, 0.717) is 84.2 Å². The average Bonchev–Trinajstić information content (AvgIpc) is 4.06. The van der Waals surface area contributed by atoms with Gasteiger partial charge in [-0.1, -0.05) is 91.6 Å². The Morgan fingerprint density at radius 1 is 0.772 bits per heavy atom. The molecule has 0 radical (unpaired) electrons. The molecule has 1 N–H and O–H groups in total. The average molecular weight is 1110 g/mol. The smallest absolute Gasteiger partial charge is 0.253 e. The van der Waals surface area contributed by atoms with Crippen molar-refractivity contribution in [3.05, 3.63) is 48.0 Å². The van der Waals surface area contributed by atoms with Crippen LogP contribution in [-0.4, -0.2) is 181 Å². The van der Waals surface area contributed by atoms with Crippen LogP contribution in [0.25, 0.3) is 0 Å². The fourth-order valence-electron chi connectivity index (χ4n) is 11.7. The number of nitrogens with zero attached hydrogens (tertiary/aromatic N) is 6. The molecule has 7 amide bonds. The van der Waals surface area contributed by atoms with Gasteiger partial charge in [-0.05, 0) is 88.3 Å². The number of rotatable bonds is 33. The molecule has 9 atom stereocenters. The van der Waals surface area contributed by atoms with Gasteiger partial charge in [0.05, 0.1) is 49.3 Å². The molecule has 79 heavy (non-hydrogen) atoms. The molecule has 19 heteroatoms. The molecule has 0 bridgehead atoms. The van der Waals surface area contributed by atoms with Crippen LogP contribution in [-0.2, 0) is 63.9 Å². The number of hydrogen-bond donors (Lipinski definition) is 1. The van der Waals surface area contributed by atoms with Crippen LogP contribution in [0.15, 0.2) is 42.5 Å². The summed E-state index contributed by atoms with van der Waals surface area (Å²) in [5.41, 5.74) is 3.57. The number of hydroxylamine groups is 2. The molecule has 2 saturated heterocycles. The van der Waals surface area contributed by atoms with Gasteiger partial charge < -0.3 is 19.3 Å². The number of amides is 7. The molecule has 0 aliphatic carbocycles. The lowest BCUT2D eigenvalue weighted by atomic mass is 9.83. The lowest BCUT2D eigenvalue weighted by Gasteiger charge is -2.41. The molecule has 3 heterocycles. The lowest BCUT2D eigenvalue weighted by molar-refractivity contribution is -0.201. The summed E-state index contributed by atoms with van der Waals surface area (Å²) in [7, 11) is 8.19. The molecule has 3 aliphatic heterocycles. The number of likely N-dealkylation sites (N-methyl/N-ethyl adjacent to an activating group) is 2. The van der Waals surface area contributed by atoms with Crippen molar-refractivity contribution in [3.8, 4) is 0 Å². The quantitative estimate of drug-likeness (QED) is 0.0471. The highest BCUT2D eigenvalue weighted by molar-refractivity contribution is 6.12. The summed E-state index contributed by atoms with van der Waals surface area (Å²) >= 11 is 0. The van der Waals surface area contributed by atoms with Crippen LogP contribution in [0.4, 0.5) is 0 Å². The van der Waals surface area contributed by atoms with Crippen molar-refractivity contribution >= 4 is 52.9 Å². The first kappa shape index (κ1) is 66.1. The zero-order chi connectivity index (χ0) is 58.5. The highest BCUT2D eigenvalue weighted by Gasteiger charge is 2.44. The predicted molar refractivity (Wildman–Crippen MR) is 300 cm³/mol. The fourth-order valence-corrected chi connectivity index (χ4v) is 11.7. The number of ether oxygens (including phenoxy) is 2. The Morgan fingerprint density at radius 3 is 2.05 bits per heavy atom. The monoisotopic (exact) mass is 1110 g/mol. The fraction of sp³-hybridized carbons (Fsp3) is 0.717. The van der Waals surface area contributed by atoms with E-state index in [2.05, 4.69) is 5.43 Å². The van der Waals surface area contributed by atoms with E-state index in [4.69, 9.17) is 14.3 Å². The third-order valence-electron chi connectivity index (χ3n) is 16.5. The Bertz CT molecular complexity index is 2200. The van der Waals surface area contributed by atoms with Crippen LogP contribution in [0.3, 0.4) is 0 Å². The Morgan fingerprint density at radius 2 is 1.46 bits per heavy atom. The molecule has 2 fully saturated rings. The number of benzene rings is 1. The van der Waals surface area contributed by atoms with Gasteiger partial charge in [0.15, 0.2) is 5.78 Å². The second-order valence-electron chi connectivity index (χ2n) is 22.9. The maximum atomic E-state index is 14.8. The van der Waals surface area contributed by atoms with Crippen LogP contribution in [0.2, 0.25) is 0 Å². The lowest BCUT2D eigenvalue weighted by Crippen LogP contribution is -2.54. The standard InChI is InChI=1S/C60H95N7O12/c1-13-42(6)57(50(77-11)39-55(74)65-33-22-26-47(65)58(78-12)43(7)48(68)37-45(36-44-24-16-14-17-25-44)59(75)67-34-20-21-35-79-67)63(9)60(76)46(40(2)3)38-49(69)56(41(4)5)62(8)31-23-28-52(71)64(10)61-51(70)27-18-15-19-32-66-53(72)29-30-54(66)73/h14,16-17,24-25,29-30,40-43,45-47,50,56-58H,13,15,18-23,26-28,31-39H2,1-12H3,(H,61,70)/t42-,43-,45+,46-,47-,50+,56-,57-,58+/m0/s1. The third kappa shape index (κ3) is 19.1. The van der Waals surface area contributed by atoms with Gasteiger partial charge >= 0.3 is 0 Å². The summed E-state index contributed by atoms with van der Waals surface area (Å²) in [6.07, 6.45) is 7.73. The highest BCUT2D eigenvalue weighted by Crippen LogP contribution is 2.32. The number of likely N-dealkylation sites (tertiary alicyclic amines) is 1. The van der Waals surface area contributed by atoms with Gasteiger partial charge in [0.2, 0.25) is 29.5 Å². The summed E-state index contributed by atoms with van der Waals surface area (Å²) in [5, 5.41) is 2.60. The summed E-state index contributed by atoms with van der Waals surface area (Å²) in [5.74, 6) is -4.37. The summed E-state index contributed by atoms with van der Waals surface area (Å²) in [6, 6.07) is 8.21. The van der Waals surface area contributed by atoms with Crippen LogP contribution in [0, 0.1) is 35.5 Å². The van der Waals surface area contributed by atoms with E-state index < -0.39 is 48.1 Å². The van der Waals surface area contributed by atoms with Crippen LogP contribution in [0.5, 0.6) is 0 Å². The van der Waals surface area contributed by atoms with E-state index >= 15 is 0 Å². The van der Waals surface area contributed by atoms with Crippen LogP contribution in [0.1, 0.15) is 144 Å². The first-order chi connectivity index (χ1) is 37.6. The predicted octanol–water partition coefficient (Wildman–Crippen LogP) is 6.22. The molecule has 0 saturated carbocycles. The van der Waals surface area contributed by atoms with Crippen molar-refractivity contribution < 1.29 is 57.5 Å². The number of hydrogen-bond acceptors (Lipinski definition) is 13. The highest BCUT2D eigenvalue weighted by atomic mass is 16.7. The Kier molecular flexibility index (Phi) is 27.4. The van der Waals surface area contributed by atoms with E-state index in [1.54, 1.807) is 31.1 Å². The number of carbonyl (C=O) groups excluding carboxylic acids is 9. The van der Waals surface area contributed by atoms with E-state index in [0.717, 1.165) is 18.4 Å². The third-order valence-corrected chi connectivity index (χ3v) is 16.5. The number of Topliss-reactive ketones (excluding diaryl/α,β-unsaturated/α-hetero) is 2. The molecule has 3 aliphatic rings. The zero-order valence-corrected chi connectivity index (χ0v) is 49.6. The molecule has 4 rings (SSSR count). The number of methoxy groups -OCH3 is 2. The van der Waals surface area contributed by atoms with Gasteiger partial charge in [-0.2, -0.15) is 0 Å². The van der Waals surface area contributed by atoms with Crippen molar-refractivity contribution in [1.29, 1.82) is 0 Å². The molecule has 0 aromatic heterocycles. The minimum Gasteiger partial charge on any atom is -0.379 e. The maximum Gasteiger partial charge on any atom is 0.253 e. The number of ketones is 2. The Hall–Kier alpha value is -5.37. The largest absolute Gasteiger partial charge is 0.379 e. The minimum absolute atomic E-state index is 0.000154. The molecule has 19 nitrogen and oxygen atoms in total. The van der Waals surface area contributed by atoms with Crippen molar-refractivity contribution in [2.24, 2.45) is 35.5 Å². The van der Waals surface area contributed by atoms with Crippen molar-refractivity contribution in [1.82, 2.24) is 35.1 Å². The van der Waals surface area contributed by atoms with Crippen molar-refractivity contribution in [2.75, 3.05) is 68.1 Å². The Labute approximate surface area is 470 Å². The molecule has 1 aromatic carbocycles. The number of imide groups is 1. The zero-order valence-electron chi connectivity index (χ0n) is 49.6. The van der Waals surface area contributed by atoms with Gasteiger partial charge in [0, 0.05) is 97.6 Å².